The Morgan fingerprint density at radius 2 is 2.31 bits per heavy atom. The normalized spacial score (nSPS) is 10.4. The number of rotatable bonds is 3. The van der Waals surface area contributed by atoms with Crippen molar-refractivity contribution >= 4 is 0 Å². The molecule has 1 heterocycles. The van der Waals surface area contributed by atoms with Crippen molar-refractivity contribution in [2.24, 2.45) is 0 Å². The second kappa shape index (κ2) is 4.32. The Hall–Kier alpha value is -1.88. The first kappa shape index (κ1) is 10.6. The fourth-order valence-electron chi connectivity index (χ4n) is 1.40. The molecule has 0 unspecified atom stereocenters. The number of aromatic amines is 1. The van der Waals surface area contributed by atoms with Crippen molar-refractivity contribution in [2.45, 2.75) is 6.61 Å². The van der Waals surface area contributed by atoms with E-state index in [1.807, 2.05) is 0 Å². The van der Waals surface area contributed by atoms with Gasteiger partial charge in [0.1, 0.15) is 5.82 Å². The summed E-state index contributed by atoms with van der Waals surface area (Å²) in [6.45, 7) is -0.144. The summed E-state index contributed by atoms with van der Waals surface area (Å²) in [4.78, 5) is 6.94. The van der Waals surface area contributed by atoms with E-state index in [9.17, 15) is 4.39 Å². The van der Waals surface area contributed by atoms with E-state index in [2.05, 4.69) is 9.97 Å². The highest BCUT2D eigenvalue weighted by molar-refractivity contribution is 5.56. The Bertz CT molecular complexity index is 496. The minimum Gasteiger partial charge on any atom is -0.494 e. The van der Waals surface area contributed by atoms with E-state index in [-0.39, 0.29) is 12.4 Å². The highest BCUT2D eigenvalue weighted by Gasteiger charge is 2.07. The zero-order chi connectivity index (χ0) is 11.5. The molecule has 0 atom stereocenters. The molecule has 5 heteroatoms. The Kier molecular flexibility index (Phi) is 2.87. The smallest absolute Gasteiger partial charge is 0.165 e. The van der Waals surface area contributed by atoms with Gasteiger partial charge < -0.3 is 14.8 Å². The lowest BCUT2D eigenvalue weighted by atomic mass is 10.2. The third-order valence-electron chi connectivity index (χ3n) is 2.22. The molecule has 0 aliphatic rings. The number of benzene rings is 1. The maximum atomic E-state index is 13.4. The number of nitrogens with zero attached hydrogens (tertiary/aromatic N) is 1. The van der Waals surface area contributed by atoms with Crippen molar-refractivity contribution in [1.82, 2.24) is 9.97 Å². The van der Waals surface area contributed by atoms with E-state index in [1.54, 1.807) is 12.3 Å². The number of halogens is 1. The Morgan fingerprint density at radius 1 is 1.50 bits per heavy atom. The molecule has 0 fully saturated rings. The van der Waals surface area contributed by atoms with E-state index in [4.69, 9.17) is 9.84 Å². The lowest BCUT2D eigenvalue weighted by Crippen LogP contribution is -1.89. The van der Waals surface area contributed by atoms with E-state index in [0.717, 1.165) is 0 Å². The quantitative estimate of drug-likeness (QED) is 0.831. The number of aliphatic hydroxyl groups is 1. The van der Waals surface area contributed by atoms with E-state index in [0.29, 0.717) is 17.1 Å². The Balaban J connectivity index is 2.37. The van der Waals surface area contributed by atoms with Crippen LogP contribution in [0.4, 0.5) is 4.39 Å². The lowest BCUT2D eigenvalue weighted by Gasteiger charge is -2.02. The maximum absolute atomic E-state index is 13.4. The molecule has 1 aromatic heterocycles. The topological polar surface area (TPSA) is 58.1 Å². The van der Waals surface area contributed by atoms with Crippen LogP contribution >= 0.6 is 0 Å². The molecule has 0 radical (unpaired) electrons. The van der Waals surface area contributed by atoms with Crippen molar-refractivity contribution in [3.63, 3.8) is 0 Å². The molecule has 2 N–H and O–H groups in total. The highest BCUT2D eigenvalue weighted by Crippen LogP contribution is 2.23. The first-order chi connectivity index (χ1) is 7.74. The van der Waals surface area contributed by atoms with Crippen LogP contribution in [0.5, 0.6) is 5.75 Å². The molecule has 16 heavy (non-hydrogen) atoms. The van der Waals surface area contributed by atoms with E-state index < -0.39 is 5.82 Å². The number of hydrogen-bond acceptors (Lipinski definition) is 3. The average molecular weight is 222 g/mol. The fraction of sp³-hybridized carbons (Fsp3) is 0.182. The van der Waals surface area contributed by atoms with Crippen LogP contribution in [0.2, 0.25) is 0 Å². The molecule has 0 aliphatic heterocycles. The minimum atomic E-state index is -0.443. The van der Waals surface area contributed by atoms with Crippen LogP contribution < -0.4 is 4.74 Å². The number of imidazole rings is 1. The van der Waals surface area contributed by atoms with Crippen molar-refractivity contribution in [3.05, 3.63) is 35.9 Å². The molecule has 0 bridgehead atoms. The molecule has 0 amide bonds. The summed E-state index contributed by atoms with van der Waals surface area (Å²) in [6, 6.07) is 4.56. The average Bonchev–Trinajstić information content (AvgIpc) is 2.77. The summed E-state index contributed by atoms with van der Waals surface area (Å²) in [5.74, 6) is 0.269. The van der Waals surface area contributed by atoms with E-state index >= 15 is 0 Å². The first-order valence-electron chi connectivity index (χ1n) is 4.73. The summed E-state index contributed by atoms with van der Waals surface area (Å²) in [7, 11) is 1.41. The predicted octanol–water partition coefficient (Wildman–Crippen LogP) is 1.72. The number of nitrogens with one attached hydrogen (secondary N) is 1. The molecule has 0 saturated heterocycles. The summed E-state index contributed by atoms with van der Waals surface area (Å²) >= 11 is 0. The molecule has 0 spiro atoms. The molecule has 0 aliphatic carbocycles. The second-order valence-electron chi connectivity index (χ2n) is 3.25. The third-order valence-corrected chi connectivity index (χ3v) is 2.22. The van der Waals surface area contributed by atoms with Gasteiger partial charge in [-0.1, -0.05) is 0 Å². The third kappa shape index (κ3) is 1.90. The van der Waals surface area contributed by atoms with Crippen LogP contribution in [-0.2, 0) is 6.61 Å². The zero-order valence-electron chi connectivity index (χ0n) is 8.70. The number of methoxy groups -OCH3 is 1. The minimum absolute atomic E-state index is 0.144. The summed E-state index contributed by atoms with van der Waals surface area (Å²) in [5, 5.41) is 8.86. The number of hydrogen-bond donors (Lipinski definition) is 2. The molecule has 1 aromatic carbocycles. The largest absolute Gasteiger partial charge is 0.494 e. The standard InChI is InChI=1S/C11H11FN2O2/c1-16-10-3-2-7(4-9(10)12)11-13-5-8(6-15)14-11/h2-5,15H,6H2,1H3,(H,13,14). The zero-order valence-corrected chi connectivity index (χ0v) is 8.70. The molecule has 2 rings (SSSR count). The summed E-state index contributed by atoms with van der Waals surface area (Å²) in [6.07, 6.45) is 1.58. The van der Waals surface area contributed by atoms with Crippen molar-refractivity contribution in [1.29, 1.82) is 0 Å². The van der Waals surface area contributed by atoms with Crippen LogP contribution in [0, 0.1) is 5.82 Å². The van der Waals surface area contributed by atoms with Gasteiger partial charge in [0.15, 0.2) is 11.6 Å². The monoisotopic (exact) mass is 222 g/mol. The van der Waals surface area contributed by atoms with E-state index in [1.165, 1.54) is 19.2 Å². The van der Waals surface area contributed by atoms with Gasteiger partial charge in [0.25, 0.3) is 0 Å². The van der Waals surface area contributed by atoms with Gasteiger partial charge in [-0.05, 0) is 18.2 Å². The van der Waals surface area contributed by atoms with Gasteiger partial charge in [-0.2, -0.15) is 0 Å². The molecular weight excluding hydrogens is 211 g/mol. The van der Waals surface area contributed by atoms with Gasteiger partial charge in [-0.15, -0.1) is 0 Å². The molecule has 2 aromatic rings. The van der Waals surface area contributed by atoms with Crippen LogP contribution in [0.25, 0.3) is 11.4 Å². The van der Waals surface area contributed by atoms with Gasteiger partial charge in [0.05, 0.1) is 19.4 Å². The number of ether oxygens (including phenoxy) is 1. The van der Waals surface area contributed by atoms with Crippen LogP contribution in [0.15, 0.2) is 24.4 Å². The molecule has 84 valence electrons. The maximum Gasteiger partial charge on any atom is 0.165 e. The van der Waals surface area contributed by atoms with Crippen molar-refractivity contribution < 1.29 is 14.2 Å². The van der Waals surface area contributed by atoms with Crippen LogP contribution in [0.3, 0.4) is 0 Å². The second-order valence-corrected chi connectivity index (χ2v) is 3.25. The summed E-state index contributed by atoms with van der Waals surface area (Å²) < 4.78 is 18.2. The highest BCUT2D eigenvalue weighted by atomic mass is 19.1. The van der Waals surface area contributed by atoms with Gasteiger partial charge in [-0.25, -0.2) is 9.37 Å². The van der Waals surface area contributed by atoms with Crippen LogP contribution in [-0.4, -0.2) is 22.2 Å². The van der Waals surface area contributed by atoms with Gasteiger partial charge in [-0.3, -0.25) is 0 Å². The first-order valence-corrected chi connectivity index (χ1v) is 4.73. The van der Waals surface area contributed by atoms with Gasteiger partial charge in [0, 0.05) is 11.8 Å². The SMILES string of the molecule is COc1ccc(-c2nc(CO)c[nH]2)cc1F. The van der Waals surface area contributed by atoms with Gasteiger partial charge >= 0.3 is 0 Å². The summed E-state index contributed by atoms with van der Waals surface area (Å²) in [5.41, 5.74) is 1.13. The number of aromatic nitrogens is 2. The van der Waals surface area contributed by atoms with Crippen molar-refractivity contribution in [3.8, 4) is 17.1 Å². The molecule has 0 saturated carbocycles. The van der Waals surface area contributed by atoms with Crippen molar-refractivity contribution in [2.75, 3.05) is 7.11 Å². The lowest BCUT2D eigenvalue weighted by molar-refractivity contribution is 0.277. The Morgan fingerprint density at radius 3 is 2.88 bits per heavy atom. The molecule has 4 nitrogen and oxygen atoms in total. The molecular formula is C11H11FN2O2. The number of aliphatic hydroxyl groups excluding tert-OH is 1. The number of H-pyrrole nitrogens is 1. The van der Waals surface area contributed by atoms with Crippen LogP contribution in [0.1, 0.15) is 5.69 Å². The van der Waals surface area contributed by atoms with Gasteiger partial charge in [0.2, 0.25) is 0 Å². The fourth-order valence-corrected chi connectivity index (χ4v) is 1.40. The predicted molar refractivity (Wildman–Crippen MR) is 56.5 cm³/mol. The Labute approximate surface area is 91.7 Å².